The molecule has 0 aromatic heterocycles. The molecule has 3 nitrogen and oxygen atoms in total. The van der Waals surface area contributed by atoms with Crippen molar-refractivity contribution in [3.8, 4) is 0 Å². The van der Waals surface area contributed by atoms with Gasteiger partial charge >= 0.3 is 0 Å². The number of nitrogens with two attached hydrogens (primary N) is 1. The lowest BCUT2D eigenvalue weighted by molar-refractivity contribution is 1.19. The Labute approximate surface area is 101 Å². The first kappa shape index (κ1) is 11.3. The Morgan fingerprint density at radius 3 is 2.24 bits per heavy atom. The summed E-state index contributed by atoms with van der Waals surface area (Å²) in [7, 11) is 0. The Kier molecular flexibility index (Phi) is 3.19. The van der Waals surface area contributed by atoms with Crippen molar-refractivity contribution in [1.82, 2.24) is 0 Å². The zero-order valence-corrected chi connectivity index (χ0v) is 10.0. The number of hydrogen-bond acceptors (Lipinski definition) is 3. The fourth-order valence-corrected chi connectivity index (χ4v) is 1.60. The average Bonchev–Trinajstić information content (AvgIpc) is 2.30. The first-order valence-electron chi connectivity index (χ1n) is 5.51. The molecule has 0 aliphatic heterocycles. The summed E-state index contributed by atoms with van der Waals surface area (Å²) >= 11 is 0. The van der Waals surface area contributed by atoms with Crippen LogP contribution in [0.1, 0.15) is 11.1 Å². The Hall–Kier alpha value is -2.16. The van der Waals surface area contributed by atoms with Gasteiger partial charge in [-0.15, -0.1) is 5.11 Å². The molecule has 0 saturated heterocycles. The molecule has 0 unspecified atom stereocenters. The van der Waals surface area contributed by atoms with E-state index < -0.39 is 0 Å². The van der Waals surface area contributed by atoms with Crippen LogP contribution >= 0.6 is 0 Å². The molecule has 0 heterocycles. The SMILES string of the molecule is Cc1ccccc1N=Nc1c(C)cccc1N. The lowest BCUT2D eigenvalue weighted by Gasteiger charge is -2.02. The fourth-order valence-electron chi connectivity index (χ4n) is 1.60. The van der Waals surface area contributed by atoms with E-state index in [9.17, 15) is 0 Å². The van der Waals surface area contributed by atoms with Crippen molar-refractivity contribution < 1.29 is 0 Å². The van der Waals surface area contributed by atoms with Crippen molar-refractivity contribution >= 4 is 17.1 Å². The number of azo groups is 1. The van der Waals surface area contributed by atoms with E-state index in [2.05, 4.69) is 10.2 Å². The normalized spacial score (nSPS) is 10.9. The maximum Gasteiger partial charge on any atom is 0.111 e. The minimum Gasteiger partial charge on any atom is -0.397 e. The molecule has 2 aromatic rings. The van der Waals surface area contributed by atoms with Gasteiger partial charge in [-0.05, 0) is 37.1 Å². The summed E-state index contributed by atoms with van der Waals surface area (Å²) < 4.78 is 0. The summed E-state index contributed by atoms with van der Waals surface area (Å²) in [5.41, 5.74) is 10.3. The van der Waals surface area contributed by atoms with Crippen LogP contribution < -0.4 is 5.73 Å². The molecule has 2 rings (SSSR count). The van der Waals surface area contributed by atoms with E-state index in [1.807, 2.05) is 56.3 Å². The van der Waals surface area contributed by atoms with Crippen LogP contribution in [0.2, 0.25) is 0 Å². The minimum absolute atomic E-state index is 0.655. The van der Waals surface area contributed by atoms with Gasteiger partial charge in [0.05, 0.1) is 11.4 Å². The van der Waals surface area contributed by atoms with Crippen LogP contribution in [-0.2, 0) is 0 Å². The van der Waals surface area contributed by atoms with E-state index in [1.165, 1.54) is 0 Å². The summed E-state index contributed by atoms with van der Waals surface area (Å²) in [5, 5.41) is 8.48. The highest BCUT2D eigenvalue weighted by atomic mass is 15.1. The largest absolute Gasteiger partial charge is 0.397 e. The van der Waals surface area contributed by atoms with Crippen molar-refractivity contribution in [3.63, 3.8) is 0 Å². The number of aryl methyl sites for hydroxylation is 2. The molecular formula is C14H15N3. The van der Waals surface area contributed by atoms with Gasteiger partial charge in [0, 0.05) is 0 Å². The smallest absolute Gasteiger partial charge is 0.111 e. The van der Waals surface area contributed by atoms with Crippen LogP contribution in [0.3, 0.4) is 0 Å². The number of hydrogen-bond donors (Lipinski definition) is 1. The average molecular weight is 225 g/mol. The molecule has 0 amide bonds. The van der Waals surface area contributed by atoms with Gasteiger partial charge < -0.3 is 5.73 Å². The van der Waals surface area contributed by atoms with E-state index in [4.69, 9.17) is 5.73 Å². The monoisotopic (exact) mass is 225 g/mol. The Morgan fingerprint density at radius 2 is 1.53 bits per heavy atom. The molecular weight excluding hydrogens is 210 g/mol. The zero-order chi connectivity index (χ0) is 12.3. The van der Waals surface area contributed by atoms with Gasteiger partial charge in [0.2, 0.25) is 0 Å². The lowest BCUT2D eigenvalue weighted by atomic mass is 10.2. The third-order valence-electron chi connectivity index (χ3n) is 2.64. The highest BCUT2D eigenvalue weighted by Crippen LogP contribution is 2.28. The van der Waals surface area contributed by atoms with Gasteiger partial charge in [-0.25, -0.2) is 0 Å². The highest BCUT2D eigenvalue weighted by molar-refractivity contribution is 5.66. The quantitative estimate of drug-likeness (QED) is 0.601. The standard InChI is InChI=1S/C14H15N3/c1-10-6-3-4-9-13(10)16-17-14-11(2)7-5-8-12(14)15/h3-9H,15H2,1-2H3. The van der Waals surface area contributed by atoms with Crippen LogP contribution in [-0.4, -0.2) is 0 Å². The van der Waals surface area contributed by atoms with Crippen LogP contribution in [0.15, 0.2) is 52.7 Å². The summed E-state index contributed by atoms with van der Waals surface area (Å²) in [6.45, 7) is 3.98. The highest BCUT2D eigenvalue weighted by Gasteiger charge is 2.01. The molecule has 2 aromatic carbocycles. The second-order valence-electron chi connectivity index (χ2n) is 4.00. The fraction of sp³-hybridized carbons (Fsp3) is 0.143. The molecule has 17 heavy (non-hydrogen) atoms. The van der Waals surface area contributed by atoms with E-state index in [0.717, 1.165) is 22.5 Å². The van der Waals surface area contributed by atoms with Gasteiger partial charge in [-0.2, -0.15) is 5.11 Å². The molecule has 3 heteroatoms. The molecule has 2 N–H and O–H groups in total. The summed E-state index contributed by atoms with van der Waals surface area (Å²) in [5.74, 6) is 0. The first-order chi connectivity index (χ1) is 8.18. The molecule has 0 spiro atoms. The summed E-state index contributed by atoms with van der Waals surface area (Å²) in [4.78, 5) is 0. The van der Waals surface area contributed by atoms with Gasteiger partial charge in [-0.1, -0.05) is 30.3 Å². The van der Waals surface area contributed by atoms with Crippen LogP contribution in [0.4, 0.5) is 17.1 Å². The number of nitrogen functional groups attached to an aromatic ring is 1. The maximum absolute atomic E-state index is 5.87. The van der Waals surface area contributed by atoms with Gasteiger partial charge in [0.1, 0.15) is 5.69 Å². The van der Waals surface area contributed by atoms with Crippen molar-refractivity contribution in [2.45, 2.75) is 13.8 Å². The van der Waals surface area contributed by atoms with Crippen molar-refractivity contribution in [2.24, 2.45) is 10.2 Å². The predicted octanol–water partition coefficient (Wildman–Crippen LogP) is 4.30. The molecule has 0 radical (unpaired) electrons. The van der Waals surface area contributed by atoms with Crippen LogP contribution in [0, 0.1) is 13.8 Å². The van der Waals surface area contributed by atoms with Crippen molar-refractivity contribution in [3.05, 3.63) is 53.6 Å². The lowest BCUT2D eigenvalue weighted by Crippen LogP contribution is -1.86. The number of nitrogens with zero attached hydrogens (tertiary/aromatic N) is 2. The number of rotatable bonds is 2. The molecule has 86 valence electrons. The van der Waals surface area contributed by atoms with Crippen LogP contribution in [0.5, 0.6) is 0 Å². The Balaban J connectivity index is 2.36. The topological polar surface area (TPSA) is 50.7 Å². The number of benzene rings is 2. The molecule has 0 aliphatic carbocycles. The minimum atomic E-state index is 0.655. The van der Waals surface area contributed by atoms with E-state index in [1.54, 1.807) is 0 Å². The molecule has 0 saturated carbocycles. The summed E-state index contributed by atoms with van der Waals surface area (Å²) in [6, 6.07) is 13.6. The van der Waals surface area contributed by atoms with Gasteiger partial charge in [-0.3, -0.25) is 0 Å². The van der Waals surface area contributed by atoms with E-state index in [0.29, 0.717) is 5.69 Å². The third kappa shape index (κ3) is 2.50. The van der Waals surface area contributed by atoms with E-state index in [-0.39, 0.29) is 0 Å². The van der Waals surface area contributed by atoms with E-state index >= 15 is 0 Å². The second-order valence-corrected chi connectivity index (χ2v) is 4.00. The Bertz CT molecular complexity index is 539. The third-order valence-corrected chi connectivity index (χ3v) is 2.64. The maximum atomic E-state index is 5.87. The summed E-state index contributed by atoms with van der Waals surface area (Å²) in [6.07, 6.45) is 0. The van der Waals surface area contributed by atoms with Crippen molar-refractivity contribution in [2.75, 3.05) is 5.73 Å². The second kappa shape index (κ2) is 4.78. The zero-order valence-electron chi connectivity index (χ0n) is 10.0. The molecule has 0 fully saturated rings. The first-order valence-corrected chi connectivity index (χ1v) is 5.51. The molecule has 0 atom stereocenters. The number of anilines is 1. The van der Waals surface area contributed by atoms with Crippen LogP contribution in [0.25, 0.3) is 0 Å². The molecule has 0 aliphatic rings. The Morgan fingerprint density at radius 1 is 0.824 bits per heavy atom. The molecule has 0 bridgehead atoms. The predicted molar refractivity (Wildman–Crippen MR) is 70.9 cm³/mol. The van der Waals surface area contributed by atoms with Gasteiger partial charge in [0.25, 0.3) is 0 Å². The van der Waals surface area contributed by atoms with Crippen molar-refractivity contribution in [1.29, 1.82) is 0 Å². The van der Waals surface area contributed by atoms with Gasteiger partial charge in [0.15, 0.2) is 0 Å².